The molecule has 5 nitrogen and oxygen atoms in total. The fraction of sp³-hybridized carbons (Fsp3) is 0.167. The molecule has 0 heterocycles. The third kappa shape index (κ3) is 5.53. The lowest BCUT2D eigenvalue weighted by Gasteiger charge is -2.12. The van der Waals surface area contributed by atoms with Crippen LogP contribution < -0.4 is 16.4 Å². The van der Waals surface area contributed by atoms with Crippen LogP contribution in [0.4, 0.5) is 0 Å². The summed E-state index contributed by atoms with van der Waals surface area (Å²) < 4.78 is 0. The molecule has 3 rings (SSSR count). The molecular weight excluding hydrogens is 362 g/mol. The van der Waals surface area contributed by atoms with E-state index in [1.165, 1.54) is 0 Å². The van der Waals surface area contributed by atoms with Gasteiger partial charge in [-0.3, -0.25) is 9.59 Å². The van der Waals surface area contributed by atoms with Crippen molar-refractivity contribution in [2.45, 2.75) is 26.1 Å². The monoisotopic (exact) mass is 387 g/mol. The van der Waals surface area contributed by atoms with Crippen molar-refractivity contribution in [1.82, 2.24) is 10.6 Å². The number of rotatable bonds is 7. The lowest BCUT2D eigenvalue weighted by Crippen LogP contribution is -2.37. The summed E-state index contributed by atoms with van der Waals surface area (Å²) >= 11 is 0. The molecule has 3 aromatic rings. The second-order valence-electron chi connectivity index (χ2n) is 6.92. The minimum atomic E-state index is -0.549. The fourth-order valence-electron chi connectivity index (χ4n) is 3.01. The molecule has 0 spiro atoms. The van der Waals surface area contributed by atoms with Gasteiger partial charge in [-0.15, -0.1) is 0 Å². The zero-order valence-electron chi connectivity index (χ0n) is 16.4. The molecule has 0 aliphatic rings. The number of amides is 2. The summed E-state index contributed by atoms with van der Waals surface area (Å²) in [6, 6.07) is 24.6. The average Bonchev–Trinajstić information content (AvgIpc) is 2.76. The lowest BCUT2D eigenvalue weighted by molar-refractivity contribution is -0.122. The van der Waals surface area contributed by atoms with Crippen molar-refractivity contribution in [3.63, 3.8) is 0 Å². The normalized spacial score (nSPS) is 11.5. The number of hydrogen-bond acceptors (Lipinski definition) is 3. The van der Waals surface area contributed by atoms with Gasteiger partial charge in [0, 0.05) is 18.7 Å². The predicted octanol–water partition coefficient (Wildman–Crippen LogP) is 3.25. The Morgan fingerprint density at radius 2 is 1.48 bits per heavy atom. The quantitative estimate of drug-likeness (QED) is 0.582. The zero-order valence-corrected chi connectivity index (χ0v) is 16.4. The van der Waals surface area contributed by atoms with Gasteiger partial charge in [0.25, 0.3) is 5.91 Å². The van der Waals surface area contributed by atoms with Gasteiger partial charge in [-0.1, -0.05) is 66.7 Å². The van der Waals surface area contributed by atoms with Crippen LogP contribution in [0.5, 0.6) is 0 Å². The number of hydrogen-bond donors (Lipinski definition) is 3. The van der Waals surface area contributed by atoms with Crippen molar-refractivity contribution in [2.75, 3.05) is 0 Å². The van der Waals surface area contributed by atoms with E-state index in [4.69, 9.17) is 5.73 Å². The van der Waals surface area contributed by atoms with E-state index in [0.717, 1.165) is 22.3 Å². The Labute approximate surface area is 170 Å². The van der Waals surface area contributed by atoms with E-state index < -0.39 is 6.04 Å². The van der Waals surface area contributed by atoms with Crippen LogP contribution in [-0.2, 0) is 17.9 Å². The highest BCUT2D eigenvalue weighted by atomic mass is 16.2. The van der Waals surface area contributed by atoms with Gasteiger partial charge in [0.05, 0.1) is 6.04 Å². The summed E-state index contributed by atoms with van der Waals surface area (Å²) in [7, 11) is 0. The molecule has 5 heteroatoms. The van der Waals surface area contributed by atoms with Gasteiger partial charge < -0.3 is 16.4 Å². The average molecular weight is 387 g/mol. The molecule has 0 saturated carbocycles. The summed E-state index contributed by atoms with van der Waals surface area (Å²) in [6.45, 7) is 2.50. The number of carbonyl (C=O) groups excluding carboxylic acids is 2. The van der Waals surface area contributed by atoms with Crippen molar-refractivity contribution in [3.05, 3.63) is 95.6 Å². The summed E-state index contributed by atoms with van der Waals surface area (Å²) in [5.74, 6) is -0.323. The van der Waals surface area contributed by atoms with E-state index in [0.29, 0.717) is 18.7 Å². The summed E-state index contributed by atoms with van der Waals surface area (Å²) in [5.41, 5.74) is 9.95. The second kappa shape index (κ2) is 9.66. The summed E-state index contributed by atoms with van der Waals surface area (Å²) in [4.78, 5) is 24.5. The van der Waals surface area contributed by atoms with Crippen molar-refractivity contribution in [2.24, 2.45) is 5.73 Å². The minimum Gasteiger partial charge on any atom is -0.351 e. The van der Waals surface area contributed by atoms with Crippen LogP contribution in [0.15, 0.2) is 78.9 Å². The maximum Gasteiger partial charge on any atom is 0.252 e. The highest BCUT2D eigenvalue weighted by molar-refractivity contribution is 6.00. The highest BCUT2D eigenvalue weighted by Crippen LogP contribution is 2.25. The molecule has 148 valence electrons. The fourth-order valence-corrected chi connectivity index (χ4v) is 3.01. The van der Waals surface area contributed by atoms with E-state index in [2.05, 4.69) is 10.6 Å². The maximum absolute atomic E-state index is 12.8. The summed E-state index contributed by atoms with van der Waals surface area (Å²) in [6.07, 6.45) is 0. The number of benzene rings is 3. The summed E-state index contributed by atoms with van der Waals surface area (Å²) in [5, 5.41) is 5.79. The molecule has 4 N–H and O–H groups in total. The molecule has 0 aromatic heterocycles. The molecule has 1 atom stereocenters. The zero-order chi connectivity index (χ0) is 20.6. The molecule has 0 aliphatic heterocycles. The van der Waals surface area contributed by atoms with Gasteiger partial charge in [0.15, 0.2) is 0 Å². The molecule has 0 unspecified atom stereocenters. The van der Waals surface area contributed by atoms with E-state index in [-0.39, 0.29) is 11.8 Å². The largest absolute Gasteiger partial charge is 0.351 e. The van der Waals surface area contributed by atoms with Gasteiger partial charge in [-0.2, -0.15) is 0 Å². The topological polar surface area (TPSA) is 84.2 Å². The Kier molecular flexibility index (Phi) is 6.76. The SMILES string of the molecule is C[C@H](N)C(=O)NCc1cccc(-c2ccccc2C(=O)NCc2ccccc2)c1. The molecule has 2 amide bonds. The van der Waals surface area contributed by atoms with Crippen LogP contribution >= 0.6 is 0 Å². The number of carbonyl (C=O) groups is 2. The Balaban J connectivity index is 1.77. The molecule has 3 aromatic carbocycles. The lowest BCUT2D eigenvalue weighted by atomic mass is 9.97. The molecule has 0 bridgehead atoms. The second-order valence-corrected chi connectivity index (χ2v) is 6.92. The van der Waals surface area contributed by atoms with E-state index >= 15 is 0 Å². The maximum atomic E-state index is 12.8. The van der Waals surface area contributed by atoms with Crippen LogP contribution in [0.25, 0.3) is 11.1 Å². The van der Waals surface area contributed by atoms with Crippen molar-refractivity contribution in [1.29, 1.82) is 0 Å². The molecule has 0 saturated heterocycles. The van der Waals surface area contributed by atoms with Crippen LogP contribution in [0.1, 0.15) is 28.4 Å². The van der Waals surface area contributed by atoms with Gasteiger partial charge >= 0.3 is 0 Å². The third-order valence-corrected chi connectivity index (χ3v) is 4.59. The van der Waals surface area contributed by atoms with E-state index in [1.807, 2.05) is 78.9 Å². The Hall–Kier alpha value is -3.44. The smallest absolute Gasteiger partial charge is 0.252 e. The first-order valence-electron chi connectivity index (χ1n) is 9.58. The van der Waals surface area contributed by atoms with Gasteiger partial charge in [-0.05, 0) is 41.3 Å². The first-order chi connectivity index (χ1) is 14.0. The van der Waals surface area contributed by atoms with Crippen molar-refractivity contribution >= 4 is 11.8 Å². The van der Waals surface area contributed by atoms with Gasteiger partial charge in [0.1, 0.15) is 0 Å². The Morgan fingerprint density at radius 3 is 2.24 bits per heavy atom. The third-order valence-electron chi connectivity index (χ3n) is 4.59. The molecular formula is C24H25N3O2. The van der Waals surface area contributed by atoms with E-state index in [1.54, 1.807) is 6.92 Å². The van der Waals surface area contributed by atoms with Crippen LogP contribution in [-0.4, -0.2) is 17.9 Å². The highest BCUT2D eigenvalue weighted by Gasteiger charge is 2.13. The van der Waals surface area contributed by atoms with Gasteiger partial charge in [0.2, 0.25) is 5.91 Å². The minimum absolute atomic E-state index is 0.125. The number of nitrogens with one attached hydrogen (secondary N) is 2. The molecule has 29 heavy (non-hydrogen) atoms. The van der Waals surface area contributed by atoms with Crippen molar-refractivity contribution in [3.8, 4) is 11.1 Å². The number of nitrogens with two attached hydrogens (primary N) is 1. The van der Waals surface area contributed by atoms with Crippen LogP contribution in [0, 0.1) is 0 Å². The first kappa shape index (κ1) is 20.3. The molecule has 0 fully saturated rings. The standard InChI is InChI=1S/C24H25N3O2/c1-17(25)23(28)26-16-19-10-7-11-20(14-19)21-12-5-6-13-22(21)24(29)27-15-18-8-3-2-4-9-18/h2-14,17H,15-16,25H2,1H3,(H,26,28)(H,27,29)/t17-/m0/s1. The van der Waals surface area contributed by atoms with Crippen LogP contribution in [0.3, 0.4) is 0 Å². The van der Waals surface area contributed by atoms with Gasteiger partial charge in [-0.25, -0.2) is 0 Å². The first-order valence-corrected chi connectivity index (χ1v) is 9.58. The van der Waals surface area contributed by atoms with E-state index in [9.17, 15) is 9.59 Å². The molecule has 0 aliphatic carbocycles. The van der Waals surface area contributed by atoms with Crippen LogP contribution in [0.2, 0.25) is 0 Å². The Morgan fingerprint density at radius 1 is 0.828 bits per heavy atom. The molecule has 0 radical (unpaired) electrons. The van der Waals surface area contributed by atoms with Crippen molar-refractivity contribution < 1.29 is 9.59 Å². The Bertz CT molecular complexity index is 984. The predicted molar refractivity (Wildman–Crippen MR) is 115 cm³/mol.